The molecule has 10 nitrogen and oxygen atoms in total. The molecule has 11 heteroatoms. The smallest absolute Gasteiger partial charge is 0.322 e. The van der Waals surface area contributed by atoms with Gasteiger partial charge in [-0.15, -0.1) is 11.3 Å². The number of ether oxygens (including phenoxy) is 1. The van der Waals surface area contributed by atoms with Crippen molar-refractivity contribution >= 4 is 34.1 Å². The van der Waals surface area contributed by atoms with Gasteiger partial charge in [0.2, 0.25) is 11.9 Å². The SMILES string of the molecule is C.CCCCC.COc1nc(N2CC3(CCc4sc(N)c(C#N)c43)C2)nc(N(C)C(C)c2cccnc2N)n1. The third kappa shape index (κ3) is 5.71. The highest BCUT2D eigenvalue weighted by Crippen LogP contribution is 2.52. The summed E-state index contributed by atoms with van der Waals surface area (Å²) in [5.74, 6) is 1.51. The molecular formula is C28H41N9OS. The number of nitriles is 1. The lowest BCUT2D eigenvalue weighted by Crippen LogP contribution is -2.59. The van der Waals surface area contributed by atoms with Crippen LogP contribution in [0.2, 0.25) is 0 Å². The molecule has 5 rings (SSSR count). The molecule has 3 aromatic rings. The molecule has 3 aromatic heterocycles. The van der Waals surface area contributed by atoms with Gasteiger partial charge in [0, 0.05) is 42.2 Å². The summed E-state index contributed by atoms with van der Waals surface area (Å²) in [5, 5.41) is 10.3. The number of aromatic nitrogens is 4. The first-order valence-electron chi connectivity index (χ1n) is 13.1. The number of nitrogens with two attached hydrogens (primary N) is 2. The molecule has 0 amide bonds. The molecule has 1 atom stereocenters. The fourth-order valence-electron chi connectivity index (χ4n) is 5.21. The lowest BCUT2D eigenvalue weighted by Gasteiger charge is -2.48. The van der Waals surface area contributed by atoms with Crippen molar-refractivity contribution in [1.29, 1.82) is 5.26 Å². The van der Waals surface area contributed by atoms with E-state index in [-0.39, 0.29) is 24.9 Å². The molecule has 0 saturated carbocycles. The Morgan fingerprint density at radius 2 is 1.95 bits per heavy atom. The summed E-state index contributed by atoms with van der Waals surface area (Å²) in [5.41, 5.74) is 14.8. The second-order valence-electron chi connectivity index (χ2n) is 9.93. The number of pyridine rings is 1. The minimum Gasteiger partial charge on any atom is -0.467 e. The van der Waals surface area contributed by atoms with Gasteiger partial charge in [-0.2, -0.15) is 20.2 Å². The number of hydrogen-bond donors (Lipinski definition) is 2. The van der Waals surface area contributed by atoms with Crippen molar-refractivity contribution in [3.05, 3.63) is 39.9 Å². The van der Waals surface area contributed by atoms with Gasteiger partial charge in [-0.3, -0.25) is 0 Å². The van der Waals surface area contributed by atoms with Gasteiger partial charge in [-0.05, 0) is 31.4 Å². The summed E-state index contributed by atoms with van der Waals surface area (Å²) < 4.78 is 5.38. The largest absolute Gasteiger partial charge is 0.467 e. The highest BCUT2D eigenvalue weighted by atomic mass is 32.1. The first-order chi connectivity index (χ1) is 18.3. The zero-order chi connectivity index (χ0) is 27.4. The molecule has 2 aliphatic rings. The molecule has 4 N–H and O–H groups in total. The number of aryl methyl sites for hydroxylation is 1. The van der Waals surface area contributed by atoms with E-state index in [1.165, 1.54) is 24.1 Å². The first-order valence-corrected chi connectivity index (χ1v) is 13.9. The predicted octanol–water partition coefficient (Wildman–Crippen LogP) is 5.11. The molecule has 0 radical (unpaired) electrons. The lowest BCUT2D eigenvalue weighted by molar-refractivity contribution is 0.320. The average molecular weight is 552 g/mol. The van der Waals surface area contributed by atoms with Gasteiger partial charge in [0.15, 0.2) is 0 Å². The summed E-state index contributed by atoms with van der Waals surface area (Å²) in [6.07, 6.45) is 7.71. The van der Waals surface area contributed by atoms with Crippen molar-refractivity contribution in [3.63, 3.8) is 0 Å². The molecule has 1 spiro atoms. The van der Waals surface area contributed by atoms with Crippen molar-refractivity contribution in [2.45, 2.75) is 71.8 Å². The molecule has 4 heterocycles. The van der Waals surface area contributed by atoms with Gasteiger partial charge in [-0.1, -0.05) is 46.6 Å². The fraction of sp³-hybridized carbons (Fsp3) is 0.536. The molecule has 0 aromatic carbocycles. The van der Waals surface area contributed by atoms with Gasteiger partial charge in [0.05, 0.1) is 18.7 Å². The topological polar surface area (TPSA) is 143 Å². The maximum Gasteiger partial charge on any atom is 0.322 e. The number of hydrogen-bond acceptors (Lipinski definition) is 11. The number of nitrogens with zero attached hydrogens (tertiary/aromatic N) is 7. The van der Waals surface area contributed by atoms with E-state index in [0.717, 1.165) is 37.1 Å². The summed E-state index contributed by atoms with van der Waals surface area (Å²) in [7, 11) is 3.45. The molecule has 1 saturated heterocycles. The zero-order valence-corrected chi connectivity index (χ0v) is 23.7. The normalized spacial score (nSPS) is 15.2. The Balaban J connectivity index is 0.000000644. The monoisotopic (exact) mass is 551 g/mol. The van der Waals surface area contributed by atoms with E-state index in [2.05, 4.69) is 39.8 Å². The Kier molecular flexibility index (Phi) is 9.56. The Bertz CT molecular complexity index is 1310. The van der Waals surface area contributed by atoms with Crippen LogP contribution < -0.4 is 26.0 Å². The zero-order valence-electron chi connectivity index (χ0n) is 22.9. The van der Waals surface area contributed by atoms with Crippen LogP contribution in [-0.4, -0.2) is 47.2 Å². The highest BCUT2D eigenvalue weighted by molar-refractivity contribution is 7.16. The minimum absolute atomic E-state index is 0. The lowest BCUT2D eigenvalue weighted by atomic mass is 9.74. The summed E-state index contributed by atoms with van der Waals surface area (Å²) >= 11 is 1.54. The van der Waals surface area contributed by atoms with Crippen molar-refractivity contribution in [2.24, 2.45) is 0 Å². The van der Waals surface area contributed by atoms with Crippen LogP contribution >= 0.6 is 11.3 Å². The van der Waals surface area contributed by atoms with E-state index in [9.17, 15) is 5.26 Å². The molecule has 1 aliphatic carbocycles. The Morgan fingerprint density at radius 1 is 1.23 bits per heavy atom. The van der Waals surface area contributed by atoms with Crippen LogP contribution in [-0.2, 0) is 11.8 Å². The second-order valence-corrected chi connectivity index (χ2v) is 11.1. The van der Waals surface area contributed by atoms with E-state index in [1.807, 2.05) is 31.0 Å². The number of unbranched alkanes of at least 4 members (excludes halogenated alkanes) is 2. The second kappa shape index (κ2) is 12.5. The number of methoxy groups -OCH3 is 1. The van der Waals surface area contributed by atoms with Crippen LogP contribution in [0.1, 0.15) is 81.5 Å². The quantitative estimate of drug-likeness (QED) is 0.407. The van der Waals surface area contributed by atoms with Gasteiger partial charge in [-0.25, -0.2) is 4.98 Å². The molecule has 0 bridgehead atoms. The molecule has 1 aliphatic heterocycles. The third-order valence-electron chi connectivity index (χ3n) is 7.45. The Morgan fingerprint density at radius 3 is 2.54 bits per heavy atom. The van der Waals surface area contributed by atoms with E-state index in [1.54, 1.807) is 24.6 Å². The van der Waals surface area contributed by atoms with Crippen molar-refractivity contribution in [3.8, 4) is 12.1 Å². The van der Waals surface area contributed by atoms with E-state index in [4.69, 9.17) is 21.2 Å². The number of fused-ring (bicyclic) bond motifs is 2. The fourth-order valence-corrected chi connectivity index (χ4v) is 6.35. The van der Waals surface area contributed by atoms with Crippen LogP contribution in [0, 0.1) is 11.3 Å². The van der Waals surface area contributed by atoms with E-state index >= 15 is 0 Å². The number of thiophene rings is 1. The van der Waals surface area contributed by atoms with Gasteiger partial charge >= 0.3 is 6.01 Å². The Hall–Kier alpha value is -3.65. The molecule has 1 unspecified atom stereocenters. The maximum atomic E-state index is 9.63. The van der Waals surface area contributed by atoms with E-state index in [0.29, 0.717) is 28.3 Å². The van der Waals surface area contributed by atoms with Crippen LogP contribution in [0.15, 0.2) is 18.3 Å². The van der Waals surface area contributed by atoms with Crippen LogP contribution in [0.4, 0.5) is 22.7 Å². The first kappa shape index (κ1) is 29.9. The summed E-state index contributed by atoms with van der Waals surface area (Å²) in [6.45, 7) is 7.90. The van der Waals surface area contributed by atoms with Crippen LogP contribution in [0.3, 0.4) is 0 Å². The van der Waals surface area contributed by atoms with E-state index < -0.39 is 0 Å². The third-order valence-corrected chi connectivity index (χ3v) is 8.53. The molecule has 1 fully saturated rings. The van der Waals surface area contributed by atoms with Gasteiger partial charge in [0.25, 0.3) is 0 Å². The average Bonchev–Trinajstić information content (AvgIpc) is 3.43. The standard InChI is InChI=1S/C22H25N9OS.C5H12.CH4/c1-12(13-5-4-8-26-17(13)24)30(2)19-27-20(29-21(28-19)32-3)31-10-22(11-31)7-6-15-16(22)14(9-23)18(25)33-15;1-3-5-4-2;/h4-5,8,12H,6-7,10-11,25H2,1-3H3,(H2,24,26);3-5H2,1-2H3;1H4. The van der Waals surface area contributed by atoms with Crippen LogP contribution in [0.25, 0.3) is 0 Å². The minimum atomic E-state index is -0.106. The Labute approximate surface area is 236 Å². The van der Waals surface area contributed by atoms with Gasteiger partial charge in [0.1, 0.15) is 16.9 Å². The summed E-state index contributed by atoms with van der Waals surface area (Å²) in [4.78, 5) is 23.2. The molecular weight excluding hydrogens is 510 g/mol. The van der Waals surface area contributed by atoms with Crippen molar-refractivity contribution < 1.29 is 4.74 Å². The number of rotatable bonds is 7. The summed E-state index contributed by atoms with van der Waals surface area (Å²) in [6, 6.07) is 6.26. The maximum absolute atomic E-state index is 9.63. The van der Waals surface area contributed by atoms with Gasteiger partial charge < -0.3 is 26.0 Å². The number of nitrogen functional groups attached to an aromatic ring is 2. The number of anilines is 4. The highest BCUT2D eigenvalue weighted by Gasteiger charge is 2.52. The van der Waals surface area contributed by atoms with Crippen LogP contribution in [0.5, 0.6) is 6.01 Å². The predicted molar refractivity (Wildman–Crippen MR) is 159 cm³/mol. The molecule has 39 heavy (non-hydrogen) atoms. The molecule has 210 valence electrons. The van der Waals surface area contributed by atoms with Crippen molar-refractivity contribution in [2.75, 3.05) is 48.5 Å². The van der Waals surface area contributed by atoms with Crippen molar-refractivity contribution in [1.82, 2.24) is 19.9 Å².